The molecular formula is C26H37NO4. The Kier molecular flexibility index (Phi) is 8.09. The number of carbonyl (C=O) groups is 1. The molecule has 1 fully saturated rings. The number of carbonyl (C=O) groups excluding carboxylic acids is 1. The van der Waals surface area contributed by atoms with Gasteiger partial charge >= 0.3 is 0 Å². The summed E-state index contributed by atoms with van der Waals surface area (Å²) in [6, 6.07) is 10.0. The normalized spacial score (nSPS) is 33.8. The molecule has 2 aliphatic rings. The Morgan fingerprint density at radius 1 is 1.26 bits per heavy atom. The molecule has 0 radical (unpaired) electrons. The summed E-state index contributed by atoms with van der Waals surface area (Å²) in [6.45, 7) is 4.53. The summed E-state index contributed by atoms with van der Waals surface area (Å²) in [4.78, 5) is 13.0. The number of nitrogens with one attached hydrogen (secondary N) is 1. The van der Waals surface area contributed by atoms with Gasteiger partial charge in [-0.1, -0.05) is 61.6 Å². The molecule has 1 amide bonds. The molecule has 1 aromatic carbocycles. The lowest BCUT2D eigenvalue weighted by Gasteiger charge is -2.37. The highest BCUT2D eigenvalue weighted by Gasteiger charge is 2.50. The fraction of sp³-hybridized carbons (Fsp3) is 0.577. The molecule has 1 aromatic rings. The topological polar surface area (TPSA) is 89.8 Å². The van der Waals surface area contributed by atoms with E-state index in [1.165, 1.54) is 5.56 Å². The summed E-state index contributed by atoms with van der Waals surface area (Å²) in [6.07, 6.45) is 8.62. The number of hydrogen-bond acceptors (Lipinski definition) is 4. The van der Waals surface area contributed by atoms with Crippen LogP contribution in [0.3, 0.4) is 0 Å². The first-order chi connectivity index (χ1) is 14.9. The van der Waals surface area contributed by atoms with Crippen LogP contribution < -0.4 is 5.32 Å². The lowest BCUT2D eigenvalue weighted by atomic mass is 9.68. The van der Waals surface area contributed by atoms with Gasteiger partial charge in [0.05, 0.1) is 23.7 Å². The lowest BCUT2D eigenvalue weighted by Crippen LogP contribution is -2.45. The third-order valence-electron chi connectivity index (χ3n) is 7.21. The summed E-state index contributed by atoms with van der Waals surface area (Å²) < 4.78 is 0. The van der Waals surface area contributed by atoms with Gasteiger partial charge < -0.3 is 20.6 Å². The Balaban J connectivity index is 1.68. The van der Waals surface area contributed by atoms with Crippen molar-refractivity contribution in [2.75, 3.05) is 6.54 Å². The van der Waals surface area contributed by atoms with Gasteiger partial charge in [0.15, 0.2) is 0 Å². The van der Waals surface area contributed by atoms with Gasteiger partial charge in [0, 0.05) is 18.9 Å². The molecule has 1 saturated carbocycles. The standard InChI is InChI=1S/C26H37NO4/c1-3-27-25(31)26(15-7-8-18(26)2)17-22-21(23(29)16-24(22)30)14-13-20(28)12-11-19-9-5-4-6-10-19/h4-10,13-14,18,20-24,28-30H,3,11-12,15-17H2,1-2H3,(H,27,31)/b14-13+/t18-,20-,21+,22?,23+,24-,26?/m0/s1. The molecule has 0 saturated heterocycles. The van der Waals surface area contributed by atoms with Crippen LogP contribution in [0.4, 0.5) is 0 Å². The first-order valence-corrected chi connectivity index (χ1v) is 11.6. The first-order valence-electron chi connectivity index (χ1n) is 11.6. The Labute approximate surface area is 185 Å². The minimum Gasteiger partial charge on any atom is -0.393 e. The minimum absolute atomic E-state index is 0.0201. The Bertz CT molecular complexity index is 777. The highest BCUT2D eigenvalue weighted by molar-refractivity contribution is 5.84. The van der Waals surface area contributed by atoms with Crippen LogP contribution >= 0.6 is 0 Å². The van der Waals surface area contributed by atoms with E-state index in [-0.39, 0.29) is 23.7 Å². The molecule has 4 N–H and O–H groups in total. The molecule has 3 rings (SSSR count). The van der Waals surface area contributed by atoms with Gasteiger partial charge in [0.2, 0.25) is 5.91 Å². The number of aliphatic hydroxyl groups excluding tert-OH is 3. The number of aliphatic hydroxyl groups is 3. The maximum Gasteiger partial charge on any atom is 0.227 e. The molecule has 0 heterocycles. The van der Waals surface area contributed by atoms with Crippen molar-refractivity contribution >= 4 is 5.91 Å². The summed E-state index contributed by atoms with van der Waals surface area (Å²) in [5, 5.41) is 34.7. The first kappa shape index (κ1) is 23.7. The summed E-state index contributed by atoms with van der Waals surface area (Å²) >= 11 is 0. The van der Waals surface area contributed by atoms with Crippen LogP contribution in [0.2, 0.25) is 0 Å². The van der Waals surface area contributed by atoms with Crippen LogP contribution in [0.1, 0.15) is 45.1 Å². The summed E-state index contributed by atoms with van der Waals surface area (Å²) in [5.74, 6) is -0.408. The number of aryl methyl sites for hydroxylation is 1. The zero-order chi connectivity index (χ0) is 22.4. The Hall–Kier alpha value is -1.95. The minimum atomic E-state index is -0.673. The third-order valence-corrected chi connectivity index (χ3v) is 7.21. The summed E-state index contributed by atoms with van der Waals surface area (Å²) in [7, 11) is 0. The molecule has 2 aliphatic carbocycles. The van der Waals surface area contributed by atoms with E-state index in [4.69, 9.17) is 0 Å². The van der Waals surface area contributed by atoms with E-state index in [9.17, 15) is 20.1 Å². The summed E-state index contributed by atoms with van der Waals surface area (Å²) in [5.41, 5.74) is 0.583. The van der Waals surface area contributed by atoms with E-state index in [2.05, 4.69) is 24.4 Å². The van der Waals surface area contributed by atoms with Crippen LogP contribution in [0.15, 0.2) is 54.6 Å². The predicted octanol–water partition coefficient (Wildman–Crippen LogP) is 3.00. The van der Waals surface area contributed by atoms with Crippen LogP contribution in [0, 0.1) is 23.2 Å². The van der Waals surface area contributed by atoms with E-state index >= 15 is 0 Å². The quantitative estimate of drug-likeness (QED) is 0.456. The van der Waals surface area contributed by atoms with E-state index in [1.807, 2.05) is 43.3 Å². The second kappa shape index (κ2) is 10.6. The Morgan fingerprint density at radius 3 is 2.65 bits per heavy atom. The molecule has 0 aliphatic heterocycles. The number of amides is 1. The fourth-order valence-electron chi connectivity index (χ4n) is 5.25. The smallest absolute Gasteiger partial charge is 0.227 e. The van der Waals surface area contributed by atoms with Crippen molar-refractivity contribution in [1.82, 2.24) is 5.32 Å². The van der Waals surface area contributed by atoms with Crippen LogP contribution in [-0.2, 0) is 11.2 Å². The molecule has 31 heavy (non-hydrogen) atoms. The molecule has 170 valence electrons. The van der Waals surface area contributed by atoms with Crippen molar-refractivity contribution in [1.29, 1.82) is 0 Å². The maximum atomic E-state index is 13.0. The van der Waals surface area contributed by atoms with E-state index < -0.39 is 23.7 Å². The molecule has 0 spiro atoms. The van der Waals surface area contributed by atoms with Crippen molar-refractivity contribution in [2.45, 2.75) is 64.3 Å². The number of hydrogen-bond donors (Lipinski definition) is 4. The predicted molar refractivity (Wildman–Crippen MR) is 122 cm³/mol. The number of benzene rings is 1. The molecule has 7 atom stereocenters. The average molecular weight is 428 g/mol. The third kappa shape index (κ3) is 5.46. The van der Waals surface area contributed by atoms with Crippen molar-refractivity contribution in [3.05, 3.63) is 60.2 Å². The highest BCUT2D eigenvalue weighted by atomic mass is 16.3. The zero-order valence-corrected chi connectivity index (χ0v) is 18.7. The second-order valence-electron chi connectivity index (χ2n) is 9.23. The monoisotopic (exact) mass is 427 g/mol. The van der Waals surface area contributed by atoms with Gasteiger partial charge in [-0.15, -0.1) is 0 Å². The van der Waals surface area contributed by atoms with E-state index in [1.54, 1.807) is 6.08 Å². The van der Waals surface area contributed by atoms with Crippen LogP contribution in [-0.4, -0.2) is 46.1 Å². The van der Waals surface area contributed by atoms with Crippen molar-refractivity contribution < 1.29 is 20.1 Å². The van der Waals surface area contributed by atoms with Gasteiger partial charge in [0.1, 0.15) is 0 Å². The van der Waals surface area contributed by atoms with Crippen LogP contribution in [0.5, 0.6) is 0 Å². The van der Waals surface area contributed by atoms with E-state index in [0.29, 0.717) is 32.2 Å². The lowest BCUT2D eigenvalue weighted by molar-refractivity contribution is -0.134. The van der Waals surface area contributed by atoms with Gasteiger partial charge in [-0.3, -0.25) is 4.79 Å². The molecule has 5 heteroatoms. The average Bonchev–Trinajstić information content (AvgIpc) is 3.25. The largest absolute Gasteiger partial charge is 0.393 e. The second-order valence-corrected chi connectivity index (χ2v) is 9.23. The maximum absolute atomic E-state index is 13.0. The molecule has 5 nitrogen and oxygen atoms in total. The van der Waals surface area contributed by atoms with E-state index in [0.717, 1.165) is 6.42 Å². The number of rotatable bonds is 9. The van der Waals surface area contributed by atoms with Gasteiger partial charge in [-0.2, -0.15) is 0 Å². The van der Waals surface area contributed by atoms with Gasteiger partial charge in [-0.25, -0.2) is 0 Å². The highest BCUT2D eigenvalue weighted by Crippen LogP contribution is 2.49. The molecular weight excluding hydrogens is 390 g/mol. The molecule has 2 unspecified atom stereocenters. The zero-order valence-electron chi connectivity index (χ0n) is 18.7. The van der Waals surface area contributed by atoms with Gasteiger partial charge in [-0.05, 0) is 50.0 Å². The number of allylic oxidation sites excluding steroid dienone is 2. The fourth-order valence-corrected chi connectivity index (χ4v) is 5.25. The van der Waals surface area contributed by atoms with Crippen molar-refractivity contribution in [2.24, 2.45) is 23.2 Å². The van der Waals surface area contributed by atoms with Crippen molar-refractivity contribution in [3.63, 3.8) is 0 Å². The van der Waals surface area contributed by atoms with Crippen molar-refractivity contribution in [3.8, 4) is 0 Å². The molecule has 0 bridgehead atoms. The van der Waals surface area contributed by atoms with Crippen LogP contribution in [0.25, 0.3) is 0 Å². The SMILES string of the molecule is CCNC(=O)C1(CC2[C@@H](/C=C/[C@@H](O)CCc3ccccc3)[C@H](O)C[C@@H]2O)CC=C[C@@H]1C. The Morgan fingerprint density at radius 2 is 2.00 bits per heavy atom. The van der Waals surface area contributed by atoms with Gasteiger partial charge in [0.25, 0.3) is 0 Å². The molecule has 0 aromatic heterocycles.